The average molecular weight is 363 g/mol. The number of rotatable bonds is 6. The lowest BCUT2D eigenvalue weighted by molar-refractivity contribution is -0.122. The third-order valence-electron chi connectivity index (χ3n) is 3.61. The average Bonchev–Trinajstić information content (AvgIpc) is 2.67. The van der Waals surface area contributed by atoms with Crippen molar-refractivity contribution in [1.29, 1.82) is 10.5 Å². The molecular formula is C19H17N5O3. The van der Waals surface area contributed by atoms with E-state index in [2.05, 4.69) is 16.0 Å². The molecule has 0 aliphatic heterocycles. The summed E-state index contributed by atoms with van der Waals surface area (Å²) < 4.78 is 0. The fourth-order valence-electron chi connectivity index (χ4n) is 2.28. The Labute approximate surface area is 156 Å². The molecule has 1 unspecified atom stereocenters. The number of carbonyl (C=O) groups excluding carboxylic acids is 2. The molecule has 27 heavy (non-hydrogen) atoms. The normalized spacial score (nSPS) is 10.7. The van der Waals surface area contributed by atoms with E-state index in [0.29, 0.717) is 11.3 Å². The molecule has 2 aromatic carbocycles. The van der Waals surface area contributed by atoms with Crippen molar-refractivity contribution in [2.75, 3.05) is 11.9 Å². The van der Waals surface area contributed by atoms with E-state index in [0.717, 1.165) is 5.56 Å². The first-order chi connectivity index (χ1) is 13.0. The van der Waals surface area contributed by atoms with Gasteiger partial charge in [0.25, 0.3) is 0 Å². The molecular weight excluding hydrogens is 346 g/mol. The van der Waals surface area contributed by atoms with Crippen molar-refractivity contribution in [1.82, 2.24) is 10.6 Å². The molecule has 0 saturated heterocycles. The molecule has 0 radical (unpaired) electrons. The van der Waals surface area contributed by atoms with Crippen molar-refractivity contribution in [2.24, 2.45) is 0 Å². The Bertz CT molecular complexity index is 880. The first kappa shape index (κ1) is 19.3. The molecule has 3 amide bonds. The van der Waals surface area contributed by atoms with Crippen molar-refractivity contribution in [3.05, 3.63) is 59.7 Å². The molecule has 0 saturated carbocycles. The van der Waals surface area contributed by atoms with Gasteiger partial charge in [-0.3, -0.25) is 4.79 Å². The van der Waals surface area contributed by atoms with Crippen LogP contribution in [0.3, 0.4) is 0 Å². The van der Waals surface area contributed by atoms with E-state index in [4.69, 9.17) is 10.5 Å². The van der Waals surface area contributed by atoms with Gasteiger partial charge in [-0.15, -0.1) is 0 Å². The zero-order chi connectivity index (χ0) is 19.6. The van der Waals surface area contributed by atoms with E-state index in [1.807, 2.05) is 12.1 Å². The van der Waals surface area contributed by atoms with Crippen molar-refractivity contribution in [3.63, 3.8) is 0 Å². The number of nitriles is 2. The summed E-state index contributed by atoms with van der Waals surface area (Å²) in [5.41, 5.74) is 1.65. The highest BCUT2D eigenvalue weighted by molar-refractivity contribution is 5.93. The number of carbonyl (C=O) groups is 2. The van der Waals surface area contributed by atoms with Gasteiger partial charge in [-0.1, -0.05) is 12.1 Å². The van der Waals surface area contributed by atoms with E-state index in [-0.39, 0.29) is 18.7 Å². The zero-order valence-electron chi connectivity index (χ0n) is 14.3. The Morgan fingerprint density at radius 1 is 1.04 bits per heavy atom. The highest BCUT2D eigenvalue weighted by Crippen LogP contribution is 2.12. The van der Waals surface area contributed by atoms with Crippen molar-refractivity contribution < 1.29 is 14.7 Å². The van der Waals surface area contributed by atoms with E-state index in [1.165, 1.54) is 12.1 Å². The minimum absolute atomic E-state index is 0.0933. The van der Waals surface area contributed by atoms with Gasteiger partial charge in [0.15, 0.2) is 0 Å². The van der Waals surface area contributed by atoms with Crippen LogP contribution in [-0.4, -0.2) is 29.6 Å². The minimum Gasteiger partial charge on any atom is -0.508 e. The monoisotopic (exact) mass is 363 g/mol. The molecule has 2 rings (SSSR count). The van der Waals surface area contributed by atoms with Crippen LogP contribution in [0.15, 0.2) is 48.5 Å². The smallest absolute Gasteiger partial charge is 0.319 e. The van der Waals surface area contributed by atoms with Gasteiger partial charge in [0.05, 0.1) is 17.7 Å². The molecule has 0 fully saturated rings. The SMILES string of the molecule is N#CCNC(=O)C(Cc1ccc(O)cc1)NC(=O)Nc1ccc(C#N)cc1. The molecule has 0 bridgehead atoms. The summed E-state index contributed by atoms with van der Waals surface area (Å²) in [5.74, 6) is -0.407. The summed E-state index contributed by atoms with van der Waals surface area (Å²) in [7, 11) is 0. The second-order valence-corrected chi connectivity index (χ2v) is 5.59. The largest absolute Gasteiger partial charge is 0.508 e. The van der Waals surface area contributed by atoms with Gasteiger partial charge >= 0.3 is 6.03 Å². The Hall–Kier alpha value is -4.04. The maximum Gasteiger partial charge on any atom is 0.319 e. The quantitative estimate of drug-likeness (QED) is 0.578. The summed E-state index contributed by atoms with van der Waals surface area (Å²) >= 11 is 0. The second kappa shape index (κ2) is 9.44. The topological polar surface area (TPSA) is 138 Å². The number of aromatic hydroxyl groups is 1. The van der Waals surface area contributed by atoms with Crippen LogP contribution in [0.25, 0.3) is 0 Å². The lowest BCUT2D eigenvalue weighted by atomic mass is 10.1. The summed E-state index contributed by atoms with van der Waals surface area (Å²) in [6.45, 7) is -0.177. The van der Waals surface area contributed by atoms with Crippen molar-refractivity contribution in [3.8, 4) is 17.9 Å². The summed E-state index contributed by atoms with van der Waals surface area (Å²) in [6.07, 6.45) is 0.179. The Kier molecular flexibility index (Phi) is 6.75. The number of nitrogens with zero attached hydrogens (tertiary/aromatic N) is 2. The molecule has 0 aliphatic carbocycles. The Balaban J connectivity index is 2.06. The van der Waals surface area contributed by atoms with Crippen LogP contribution in [0.1, 0.15) is 11.1 Å². The first-order valence-corrected chi connectivity index (χ1v) is 8.02. The van der Waals surface area contributed by atoms with E-state index < -0.39 is 18.0 Å². The number of nitrogens with one attached hydrogen (secondary N) is 3. The minimum atomic E-state index is -0.915. The molecule has 4 N–H and O–H groups in total. The Morgan fingerprint density at radius 2 is 1.70 bits per heavy atom. The second-order valence-electron chi connectivity index (χ2n) is 5.59. The van der Waals surface area contributed by atoms with Gasteiger partial charge < -0.3 is 21.1 Å². The highest BCUT2D eigenvalue weighted by Gasteiger charge is 2.21. The third kappa shape index (κ3) is 6.07. The van der Waals surface area contributed by atoms with Gasteiger partial charge in [-0.05, 0) is 42.0 Å². The Morgan fingerprint density at radius 3 is 2.30 bits per heavy atom. The highest BCUT2D eigenvalue weighted by atomic mass is 16.3. The molecule has 0 aliphatic rings. The van der Waals surface area contributed by atoms with Crippen LogP contribution in [0.2, 0.25) is 0 Å². The number of phenolic OH excluding ortho intramolecular Hbond substituents is 1. The van der Waals surface area contributed by atoms with E-state index in [9.17, 15) is 14.7 Å². The maximum absolute atomic E-state index is 12.3. The van der Waals surface area contributed by atoms with Crippen LogP contribution >= 0.6 is 0 Å². The van der Waals surface area contributed by atoms with E-state index in [1.54, 1.807) is 36.4 Å². The number of benzene rings is 2. The molecule has 0 heterocycles. The van der Waals surface area contributed by atoms with Gasteiger partial charge in [-0.2, -0.15) is 10.5 Å². The number of phenols is 1. The molecule has 8 nitrogen and oxygen atoms in total. The molecule has 2 aromatic rings. The van der Waals surface area contributed by atoms with Crippen LogP contribution in [0.4, 0.5) is 10.5 Å². The van der Waals surface area contributed by atoms with Crippen LogP contribution in [0, 0.1) is 22.7 Å². The maximum atomic E-state index is 12.3. The summed E-state index contributed by atoms with van der Waals surface area (Å²) in [5, 5.41) is 34.3. The standard InChI is InChI=1S/C19H17N5O3/c20-9-10-22-18(26)17(11-13-3-7-16(25)8-4-13)24-19(27)23-15-5-1-14(12-21)2-6-15/h1-8,17,25H,10-11H2,(H,22,26)(H2,23,24,27). The fraction of sp³-hybridized carbons (Fsp3) is 0.158. The fourth-order valence-corrected chi connectivity index (χ4v) is 2.28. The predicted octanol–water partition coefficient (Wildman–Crippen LogP) is 1.64. The van der Waals surface area contributed by atoms with Gasteiger partial charge in [0.1, 0.15) is 18.3 Å². The predicted molar refractivity (Wildman–Crippen MR) is 97.5 cm³/mol. The number of urea groups is 1. The van der Waals surface area contributed by atoms with Crippen LogP contribution in [-0.2, 0) is 11.2 Å². The first-order valence-electron chi connectivity index (χ1n) is 8.02. The van der Waals surface area contributed by atoms with Crippen molar-refractivity contribution in [2.45, 2.75) is 12.5 Å². The van der Waals surface area contributed by atoms with Crippen molar-refractivity contribution >= 4 is 17.6 Å². The number of hydrogen-bond donors (Lipinski definition) is 4. The van der Waals surface area contributed by atoms with E-state index >= 15 is 0 Å². The number of amides is 3. The van der Waals surface area contributed by atoms with Crippen LogP contribution in [0.5, 0.6) is 5.75 Å². The van der Waals surface area contributed by atoms with Gasteiger partial charge in [0.2, 0.25) is 5.91 Å². The lowest BCUT2D eigenvalue weighted by Gasteiger charge is -2.18. The molecule has 8 heteroatoms. The zero-order valence-corrected chi connectivity index (χ0v) is 14.3. The van der Waals surface area contributed by atoms with Gasteiger partial charge in [0, 0.05) is 12.1 Å². The summed E-state index contributed by atoms with van der Waals surface area (Å²) in [6, 6.07) is 14.8. The molecule has 136 valence electrons. The number of anilines is 1. The molecule has 0 aromatic heterocycles. The molecule has 1 atom stereocenters. The third-order valence-corrected chi connectivity index (χ3v) is 3.61. The number of hydrogen-bond acceptors (Lipinski definition) is 5. The van der Waals surface area contributed by atoms with Crippen LogP contribution < -0.4 is 16.0 Å². The molecule has 0 spiro atoms. The lowest BCUT2D eigenvalue weighted by Crippen LogP contribution is -2.49. The van der Waals surface area contributed by atoms with Gasteiger partial charge in [-0.25, -0.2) is 4.79 Å². The summed E-state index contributed by atoms with van der Waals surface area (Å²) in [4.78, 5) is 24.5.